The minimum atomic E-state index is -0.257. The van der Waals surface area contributed by atoms with Gasteiger partial charge in [-0.2, -0.15) is 0 Å². The Bertz CT molecular complexity index is 563. The van der Waals surface area contributed by atoms with Crippen LogP contribution in [0.2, 0.25) is 0 Å². The zero-order valence-electron chi connectivity index (χ0n) is 11.5. The third-order valence-corrected chi connectivity index (χ3v) is 3.29. The topological polar surface area (TPSA) is 52.5 Å². The van der Waals surface area contributed by atoms with E-state index in [2.05, 4.69) is 5.32 Å². The minimum absolute atomic E-state index is 0.0232. The van der Waals surface area contributed by atoms with E-state index >= 15 is 0 Å². The van der Waals surface area contributed by atoms with Gasteiger partial charge in [0.1, 0.15) is 17.3 Å². The van der Waals surface area contributed by atoms with E-state index in [1.807, 2.05) is 13.8 Å². The molecule has 1 unspecified atom stereocenters. The fourth-order valence-electron chi connectivity index (χ4n) is 2.19. The van der Waals surface area contributed by atoms with E-state index in [1.165, 1.54) is 18.2 Å². The Morgan fingerprint density at radius 2 is 1.35 bits per heavy atom. The molecule has 0 amide bonds. The van der Waals surface area contributed by atoms with Crippen molar-refractivity contribution in [2.24, 2.45) is 0 Å². The number of hydrogen-bond donors (Lipinski definition) is 3. The van der Waals surface area contributed by atoms with Crippen molar-refractivity contribution in [2.45, 2.75) is 25.9 Å². The molecule has 0 aliphatic carbocycles. The van der Waals surface area contributed by atoms with E-state index in [0.29, 0.717) is 0 Å². The van der Waals surface area contributed by atoms with Crippen LogP contribution in [0.3, 0.4) is 0 Å². The van der Waals surface area contributed by atoms with Crippen molar-refractivity contribution in [1.29, 1.82) is 0 Å². The van der Waals surface area contributed by atoms with Crippen LogP contribution in [-0.4, -0.2) is 10.2 Å². The molecule has 0 aliphatic heterocycles. The van der Waals surface area contributed by atoms with Gasteiger partial charge >= 0.3 is 0 Å². The molecule has 4 heteroatoms. The van der Waals surface area contributed by atoms with E-state index in [1.54, 1.807) is 24.3 Å². The number of benzene rings is 2. The van der Waals surface area contributed by atoms with Gasteiger partial charge < -0.3 is 15.5 Å². The van der Waals surface area contributed by atoms with Crippen molar-refractivity contribution in [1.82, 2.24) is 5.32 Å². The highest BCUT2D eigenvalue weighted by Gasteiger charge is 2.12. The van der Waals surface area contributed by atoms with Crippen molar-refractivity contribution in [3.8, 4) is 11.5 Å². The molecule has 0 spiro atoms. The van der Waals surface area contributed by atoms with Crippen molar-refractivity contribution in [2.75, 3.05) is 0 Å². The average Bonchev–Trinajstić information content (AvgIpc) is 2.38. The zero-order valence-corrected chi connectivity index (χ0v) is 11.5. The van der Waals surface area contributed by atoms with Gasteiger partial charge in [-0.25, -0.2) is 4.39 Å². The fraction of sp³-hybridized carbons (Fsp3) is 0.250. The summed E-state index contributed by atoms with van der Waals surface area (Å²) in [7, 11) is 0. The molecule has 0 aromatic heterocycles. The van der Waals surface area contributed by atoms with Gasteiger partial charge in [0.05, 0.1) is 0 Å². The molecule has 0 aliphatic rings. The van der Waals surface area contributed by atoms with Crippen LogP contribution >= 0.6 is 0 Å². The fourth-order valence-corrected chi connectivity index (χ4v) is 2.19. The highest BCUT2D eigenvalue weighted by molar-refractivity contribution is 5.38. The maximum absolute atomic E-state index is 12.9. The molecular weight excluding hydrogens is 257 g/mol. The molecule has 106 valence electrons. The minimum Gasteiger partial charge on any atom is -0.508 e. The smallest absolute Gasteiger partial charge is 0.123 e. The Morgan fingerprint density at radius 1 is 0.850 bits per heavy atom. The quantitative estimate of drug-likeness (QED) is 0.798. The molecule has 3 nitrogen and oxygen atoms in total. The van der Waals surface area contributed by atoms with E-state index in [0.717, 1.165) is 11.1 Å². The summed E-state index contributed by atoms with van der Waals surface area (Å²) >= 11 is 0. The number of aromatic hydroxyl groups is 2. The third kappa shape index (κ3) is 3.48. The molecule has 2 rings (SSSR count). The van der Waals surface area contributed by atoms with E-state index in [-0.39, 0.29) is 29.4 Å². The molecular formula is C16H18FNO2. The van der Waals surface area contributed by atoms with Crippen LogP contribution in [0.5, 0.6) is 11.5 Å². The Labute approximate surface area is 117 Å². The summed E-state index contributed by atoms with van der Waals surface area (Å²) in [6.45, 7) is 3.92. The lowest BCUT2D eigenvalue weighted by atomic mass is 10.0. The number of halogens is 1. The zero-order chi connectivity index (χ0) is 14.7. The molecule has 2 aromatic rings. The van der Waals surface area contributed by atoms with Crippen LogP contribution < -0.4 is 5.32 Å². The maximum Gasteiger partial charge on any atom is 0.123 e. The number of phenols is 2. The lowest BCUT2D eigenvalue weighted by molar-refractivity contribution is 0.442. The lowest BCUT2D eigenvalue weighted by Gasteiger charge is -2.21. The third-order valence-electron chi connectivity index (χ3n) is 3.29. The second kappa shape index (κ2) is 5.92. The Hall–Kier alpha value is -2.07. The average molecular weight is 275 g/mol. The maximum atomic E-state index is 12.9. The number of nitrogens with one attached hydrogen (secondary N) is 1. The number of rotatable bonds is 4. The number of phenolic OH excluding ortho intramolecular Hbond substituents is 2. The van der Waals surface area contributed by atoms with E-state index < -0.39 is 0 Å². The largest absolute Gasteiger partial charge is 0.508 e. The first-order chi connectivity index (χ1) is 9.45. The van der Waals surface area contributed by atoms with Gasteiger partial charge in [-0.1, -0.05) is 12.1 Å². The van der Waals surface area contributed by atoms with Gasteiger partial charge in [-0.3, -0.25) is 0 Å². The van der Waals surface area contributed by atoms with E-state index in [4.69, 9.17) is 0 Å². The highest BCUT2D eigenvalue weighted by atomic mass is 19.1. The molecule has 20 heavy (non-hydrogen) atoms. The number of hydrogen-bond acceptors (Lipinski definition) is 3. The van der Waals surface area contributed by atoms with Crippen molar-refractivity contribution in [3.63, 3.8) is 0 Å². The standard InChI is InChI=1S/C16H18FNO2/c1-10(12-3-5-14(17)6-4-12)18-11(2)13-7-15(19)9-16(20)8-13/h3-11,18-20H,1-2H3/t10-,11?/m0/s1. The lowest BCUT2D eigenvalue weighted by Crippen LogP contribution is -2.22. The molecule has 0 fully saturated rings. The monoisotopic (exact) mass is 275 g/mol. The van der Waals surface area contributed by atoms with Crippen LogP contribution in [0, 0.1) is 5.82 Å². The van der Waals surface area contributed by atoms with Gasteiger partial charge in [0.15, 0.2) is 0 Å². The van der Waals surface area contributed by atoms with Crippen molar-refractivity contribution < 1.29 is 14.6 Å². The summed E-state index contributed by atoms with van der Waals surface area (Å²) in [6, 6.07) is 10.8. The molecule has 2 aromatic carbocycles. The van der Waals surface area contributed by atoms with Crippen molar-refractivity contribution >= 4 is 0 Å². The van der Waals surface area contributed by atoms with Crippen LogP contribution in [0.4, 0.5) is 4.39 Å². The van der Waals surface area contributed by atoms with Gasteiger partial charge in [0.2, 0.25) is 0 Å². The predicted molar refractivity (Wildman–Crippen MR) is 76.1 cm³/mol. The van der Waals surface area contributed by atoms with Crippen molar-refractivity contribution in [3.05, 3.63) is 59.4 Å². The van der Waals surface area contributed by atoms with Gasteiger partial charge in [-0.05, 0) is 49.2 Å². The van der Waals surface area contributed by atoms with Crippen LogP contribution in [-0.2, 0) is 0 Å². The van der Waals surface area contributed by atoms with Gasteiger partial charge in [0.25, 0.3) is 0 Å². The second-order valence-corrected chi connectivity index (χ2v) is 4.94. The molecule has 0 radical (unpaired) electrons. The first kappa shape index (κ1) is 14.3. The summed E-state index contributed by atoms with van der Waals surface area (Å²) in [6.07, 6.45) is 0. The molecule has 0 heterocycles. The summed E-state index contributed by atoms with van der Waals surface area (Å²) in [5.74, 6) is -0.196. The van der Waals surface area contributed by atoms with Crippen LogP contribution in [0.15, 0.2) is 42.5 Å². The SMILES string of the molecule is CC(N[C@@H](C)c1ccc(F)cc1)c1cc(O)cc(O)c1. The first-order valence-corrected chi connectivity index (χ1v) is 6.50. The molecule has 0 saturated carbocycles. The Balaban J connectivity index is 2.10. The summed E-state index contributed by atoms with van der Waals surface area (Å²) in [4.78, 5) is 0. The predicted octanol–water partition coefficient (Wildman–Crippen LogP) is 3.65. The highest BCUT2D eigenvalue weighted by Crippen LogP contribution is 2.26. The Kier molecular flexibility index (Phi) is 4.25. The Morgan fingerprint density at radius 3 is 1.90 bits per heavy atom. The molecule has 2 atom stereocenters. The van der Waals surface area contributed by atoms with Crippen LogP contribution in [0.25, 0.3) is 0 Å². The summed E-state index contributed by atoms with van der Waals surface area (Å²) < 4.78 is 12.9. The second-order valence-electron chi connectivity index (χ2n) is 4.94. The van der Waals surface area contributed by atoms with E-state index in [9.17, 15) is 14.6 Å². The normalized spacial score (nSPS) is 13.9. The van der Waals surface area contributed by atoms with Crippen LogP contribution in [0.1, 0.15) is 37.1 Å². The molecule has 0 bridgehead atoms. The summed E-state index contributed by atoms with van der Waals surface area (Å²) in [5.41, 5.74) is 1.76. The van der Waals surface area contributed by atoms with Gasteiger partial charge in [-0.15, -0.1) is 0 Å². The summed E-state index contributed by atoms with van der Waals surface area (Å²) in [5, 5.41) is 22.3. The van der Waals surface area contributed by atoms with Gasteiger partial charge in [0, 0.05) is 18.2 Å². The first-order valence-electron chi connectivity index (χ1n) is 6.50. The molecule has 3 N–H and O–H groups in total. The molecule has 0 saturated heterocycles.